The molecule has 0 heterocycles. The lowest BCUT2D eigenvalue weighted by Crippen LogP contribution is -2.16. The zero-order chi connectivity index (χ0) is 16.9. The van der Waals surface area contributed by atoms with E-state index in [1.807, 2.05) is 0 Å². The van der Waals surface area contributed by atoms with E-state index in [0.29, 0.717) is 0 Å². The molecular weight excluding hydrogens is 374 g/mol. The number of hydrogen-bond acceptors (Lipinski definition) is 4. The molecule has 0 spiro atoms. The van der Waals surface area contributed by atoms with Gasteiger partial charge >= 0.3 is 11.9 Å². The smallest absolute Gasteiger partial charge is 0.340 e. The second-order valence-corrected chi connectivity index (χ2v) is 5.29. The van der Waals surface area contributed by atoms with Crippen molar-refractivity contribution in [2.75, 3.05) is 13.2 Å². The van der Waals surface area contributed by atoms with Crippen molar-refractivity contribution < 1.29 is 19.1 Å². The van der Waals surface area contributed by atoms with Crippen LogP contribution >= 0.6 is 46.4 Å². The Morgan fingerprint density at radius 2 is 1.09 bits per heavy atom. The van der Waals surface area contributed by atoms with E-state index in [-0.39, 0.29) is 44.4 Å². The second kappa shape index (κ2) is 8.44. The largest absolute Gasteiger partial charge is 0.458 e. The van der Waals surface area contributed by atoms with Crippen LogP contribution in [0, 0.1) is 0 Å². The third kappa shape index (κ3) is 3.96. The summed E-state index contributed by atoms with van der Waals surface area (Å²) in [4.78, 5) is 24.2. The highest BCUT2D eigenvalue weighted by Crippen LogP contribution is 2.42. The van der Waals surface area contributed by atoms with Gasteiger partial charge in [-0.3, -0.25) is 0 Å². The molecule has 1 aromatic rings. The van der Waals surface area contributed by atoms with Gasteiger partial charge in [0.05, 0.1) is 31.2 Å². The molecule has 0 N–H and O–H groups in total. The molecule has 118 valence electrons. The van der Waals surface area contributed by atoms with Crippen molar-refractivity contribution in [2.24, 2.45) is 0 Å². The number of carbonyl (C=O) groups is 2. The van der Waals surface area contributed by atoms with E-state index >= 15 is 0 Å². The van der Waals surface area contributed by atoms with Gasteiger partial charge in [-0.25, -0.2) is 9.59 Å². The van der Waals surface area contributed by atoms with Crippen LogP contribution in [0.4, 0.5) is 0 Å². The van der Waals surface area contributed by atoms with Gasteiger partial charge in [0, 0.05) is 0 Å². The van der Waals surface area contributed by atoms with Gasteiger partial charge in [0.1, 0.15) is 13.2 Å². The number of halogens is 4. The van der Waals surface area contributed by atoms with Crippen LogP contribution in [0.15, 0.2) is 25.3 Å². The topological polar surface area (TPSA) is 52.6 Å². The van der Waals surface area contributed by atoms with E-state index in [9.17, 15) is 9.59 Å². The van der Waals surface area contributed by atoms with Crippen LogP contribution in [0.2, 0.25) is 20.1 Å². The maximum Gasteiger partial charge on any atom is 0.340 e. The first-order valence-corrected chi connectivity index (χ1v) is 7.29. The van der Waals surface area contributed by atoms with Crippen molar-refractivity contribution in [3.05, 3.63) is 56.5 Å². The summed E-state index contributed by atoms with van der Waals surface area (Å²) in [6.07, 6.45) is 2.70. The lowest BCUT2D eigenvalue weighted by Gasteiger charge is -2.14. The minimum Gasteiger partial charge on any atom is -0.458 e. The third-order valence-corrected chi connectivity index (χ3v) is 4.14. The molecule has 0 aliphatic heterocycles. The third-order valence-electron chi connectivity index (χ3n) is 2.34. The monoisotopic (exact) mass is 382 g/mol. The predicted molar refractivity (Wildman–Crippen MR) is 87.4 cm³/mol. The summed E-state index contributed by atoms with van der Waals surface area (Å²) in [5.41, 5.74) is -0.644. The van der Waals surface area contributed by atoms with Crippen LogP contribution in [0.25, 0.3) is 0 Å². The zero-order valence-electron chi connectivity index (χ0n) is 11.1. The van der Waals surface area contributed by atoms with Crippen molar-refractivity contribution >= 4 is 58.3 Å². The number of carbonyl (C=O) groups excluding carboxylic acids is 2. The van der Waals surface area contributed by atoms with E-state index in [4.69, 9.17) is 55.9 Å². The Kier molecular flexibility index (Phi) is 7.23. The molecule has 0 saturated carbocycles. The van der Waals surface area contributed by atoms with Crippen molar-refractivity contribution in [1.29, 1.82) is 0 Å². The van der Waals surface area contributed by atoms with E-state index in [1.54, 1.807) is 0 Å². The van der Waals surface area contributed by atoms with Crippen molar-refractivity contribution in [3.8, 4) is 0 Å². The molecule has 0 amide bonds. The summed E-state index contributed by atoms with van der Waals surface area (Å²) < 4.78 is 9.75. The predicted octanol–water partition coefficient (Wildman–Crippen LogP) is 4.99. The summed E-state index contributed by atoms with van der Waals surface area (Å²) >= 11 is 23.8. The first kappa shape index (κ1) is 18.8. The van der Waals surface area contributed by atoms with Gasteiger partial charge in [0.25, 0.3) is 0 Å². The van der Waals surface area contributed by atoms with Gasteiger partial charge in [-0.1, -0.05) is 71.7 Å². The first-order valence-electron chi connectivity index (χ1n) is 5.78. The Morgan fingerprint density at radius 1 is 0.773 bits per heavy atom. The molecule has 22 heavy (non-hydrogen) atoms. The molecule has 0 aliphatic carbocycles. The van der Waals surface area contributed by atoms with Crippen LogP contribution < -0.4 is 0 Å². The van der Waals surface area contributed by atoms with Crippen LogP contribution in [0.3, 0.4) is 0 Å². The summed E-state index contributed by atoms with van der Waals surface area (Å²) in [7, 11) is 0. The van der Waals surface area contributed by atoms with Crippen LogP contribution in [-0.2, 0) is 9.47 Å². The van der Waals surface area contributed by atoms with Crippen molar-refractivity contribution in [2.45, 2.75) is 0 Å². The Balaban J connectivity index is 3.50. The molecule has 0 saturated heterocycles. The molecule has 0 aromatic heterocycles. The number of esters is 2. The van der Waals surface area contributed by atoms with Gasteiger partial charge in [-0.2, -0.15) is 0 Å². The normalized spacial score (nSPS) is 10.0. The number of ether oxygens (including phenoxy) is 2. The molecule has 0 radical (unpaired) electrons. The highest BCUT2D eigenvalue weighted by molar-refractivity contribution is 6.54. The van der Waals surface area contributed by atoms with Gasteiger partial charge < -0.3 is 9.47 Å². The summed E-state index contributed by atoms with van der Waals surface area (Å²) in [6, 6.07) is 0. The molecule has 0 bridgehead atoms. The van der Waals surface area contributed by atoms with Crippen LogP contribution in [0.1, 0.15) is 20.7 Å². The maximum absolute atomic E-state index is 12.1. The van der Waals surface area contributed by atoms with Gasteiger partial charge in [-0.05, 0) is 0 Å². The Hall–Kier alpha value is -1.20. The molecule has 0 atom stereocenters. The summed E-state index contributed by atoms with van der Waals surface area (Å²) in [5.74, 6) is -1.81. The highest BCUT2D eigenvalue weighted by atomic mass is 35.5. The van der Waals surface area contributed by atoms with E-state index in [0.717, 1.165) is 0 Å². The quantitative estimate of drug-likeness (QED) is 0.300. The van der Waals surface area contributed by atoms with Crippen LogP contribution in [-0.4, -0.2) is 25.2 Å². The summed E-state index contributed by atoms with van der Waals surface area (Å²) in [6.45, 7) is 6.64. The average Bonchev–Trinajstić information content (AvgIpc) is 2.51. The molecule has 4 nitrogen and oxygen atoms in total. The molecular formula is C14H10Cl4O4. The van der Waals surface area contributed by atoms with Crippen molar-refractivity contribution in [3.63, 3.8) is 0 Å². The van der Waals surface area contributed by atoms with Gasteiger partial charge in [0.2, 0.25) is 0 Å². The summed E-state index contributed by atoms with van der Waals surface area (Å²) in [5, 5.41) is -0.843. The average molecular weight is 384 g/mol. The second-order valence-electron chi connectivity index (χ2n) is 3.78. The highest BCUT2D eigenvalue weighted by Gasteiger charge is 2.30. The SMILES string of the molecule is C=CCOC(=O)c1c(Cl)c(Cl)c(Cl)c(Cl)c1C(=O)OCC=C. The van der Waals surface area contributed by atoms with Gasteiger partial charge in [0.15, 0.2) is 0 Å². The fourth-order valence-electron chi connectivity index (χ4n) is 1.43. The Bertz CT molecular complexity index is 585. The number of benzene rings is 1. The minimum atomic E-state index is -0.907. The lowest BCUT2D eigenvalue weighted by molar-refractivity contribution is 0.0503. The first-order chi connectivity index (χ1) is 10.4. The van der Waals surface area contributed by atoms with E-state index in [2.05, 4.69) is 13.2 Å². The molecule has 1 rings (SSSR count). The lowest BCUT2D eigenvalue weighted by atomic mass is 10.1. The van der Waals surface area contributed by atoms with E-state index in [1.165, 1.54) is 12.2 Å². The number of rotatable bonds is 6. The van der Waals surface area contributed by atoms with E-state index < -0.39 is 11.9 Å². The molecule has 0 fully saturated rings. The molecule has 0 aliphatic rings. The van der Waals surface area contributed by atoms with Crippen LogP contribution in [0.5, 0.6) is 0 Å². The molecule has 0 unspecified atom stereocenters. The maximum atomic E-state index is 12.1. The standard InChI is InChI=1S/C14H10Cl4O4/c1-3-5-21-13(19)7-8(14(20)22-6-4-2)10(16)12(18)11(17)9(7)15/h3-4H,1-2,5-6H2. The molecule has 8 heteroatoms. The fourth-order valence-corrected chi connectivity index (χ4v) is 2.44. The zero-order valence-corrected chi connectivity index (χ0v) is 14.2. The van der Waals surface area contributed by atoms with Crippen molar-refractivity contribution in [1.82, 2.24) is 0 Å². The fraction of sp³-hybridized carbons (Fsp3) is 0.143. The molecule has 1 aromatic carbocycles. The Morgan fingerprint density at radius 3 is 1.36 bits per heavy atom. The number of hydrogen-bond donors (Lipinski definition) is 0. The Labute approximate surface area is 147 Å². The van der Waals surface area contributed by atoms with Gasteiger partial charge in [-0.15, -0.1) is 0 Å². The minimum absolute atomic E-state index is 0.0891.